The van der Waals surface area contributed by atoms with Crippen LogP contribution in [-0.2, 0) is 0 Å². The Morgan fingerprint density at radius 3 is 2.87 bits per heavy atom. The Bertz CT molecular complexity index is 417. The van der Waals surface area contributed by atoms with E-state index in [2.05, 4.69) is 11.9 Å². The topological polar surface area (TPSA) is 57.0 Å². The number of hydrogen-bond donors (Lipinski definition) is 1. The Hall–Kier alpha value is -1.55. The van der Waals surface area contributed by atoms with Gasteiger partial charge in [-0.05, 0) is 26.0 Å². The fraction of sp³-hybridized carbons (Fsp3) is 0.364. The van der Waals surface area contributed by atoms with Crippen molar-refractivity contribution in [1.82, 2.24) is 9.55 Å². The number of rotatable bonds is 3. The van der Waals surface area contributed by atoms with Crippen LogP contribution in [0.15, 0.2) is 35.3 Å². The first-order valence-electron chi connectivity index (χ1n) is 5.01. The van der Waals surface area contributed by atoms with Gasteiger partial charge in [0.25, 0.3) is 0 Å². The lowest BCUT2D eigenvalue weighted by atomic mass is 10.2. The second-order valence-electron chi connectivity index (χ2n) is 3.71. The van der Waals surface area contributed by atoms with Crippen molar-refractivity contribution in [1.29, 1.82) is 0 Å². The highest BCUT2D eigenvalue weighted by molar-refractivity contribution is 5.11. The SMILES string of the molecule is CC(c1ccco1)n1cncc1[C@H](C)N. The molecule has 1 unspecified atom stereocenters. The third-order valence-corrected chi connectivity index (χ3v) is 2.53. The molecular formula is C11H15N3O. The maximum absolute atomic E-state index is 5.86. The summed E-state index contributed by atoms with van der Waals surface area (Å²) in [5.41, 5.74) is 6.87. The van der Waals surface area contributed by atoms with Crippen LogP contribution in [0.5, 0.6) is 0 Å². The van der Waals surface area contributed by atoms with Gasteiger partial charge in [-0.15, -0.1) is 0 Å². The normalized spacial score (nSPS) is 15.1. The van der Waals surface area contributed by atoms with E-state index in [1.807, 2.05) is 23.6 Å². The van der Waals surface area contributed by atoms with E-state index in [4.69, 9.17) is 10.2 Å². The molecule has 0 saturated heterocycles. The lowest BCUT2D eigenvalue weighted by Gasteiger charge is -2.16. The first-order valence-corrected chi connectivity index (χ1v) is 5.01. The molecule has 2 aromatic heterocycles. The van der Waals surface area contributed by atoms with Crippen LogP contribution in [0.2, 0.25) is 0 Å². The number of nitrogens with two attached hydrogens (primary N) is 1. The van der Waals surface area contributed by atoms with E-state index in [9.17, 15) is 0 Å². The van der Waals surface area contributed by atoms with Crippen LogP contribution in [0.3, 0.4) is 0 Å². The number of furan rings is 1. The summed E-state index contributed by atoms with van der Waals surface area (Å²) >= 11 is 0. The molecule has 0 saturated carbocycles. The summed E-state index contributed by atoms with van der Waals surface area (Å²) in [6.07, 6.45) is 5.25. The van der Waals surface area contributed by atoms with Crippen LogP contribution in [0, 0.1) is 0 Å². The summed E-state index contributed by atoms with van der Waals surface area (Å²) < 4.78 is 7.40. The van der Waals surface area contributed by atoms with E-state index in [-0.39, 0.29) is 12.1 Å². The first-order chi connectivity index (χ1) is 7.20. The summed E-state index contributed by atoms with van der Waals surface area (Å²) in [5, 5.41) is 0. The highest BCUT2D eigenvalue weighted by atomic mass is 16.3. The zero-order valence-corrected chi connectivity index (χ0v) is 8.92. The Morgan fingerprint density at radius 2 is 2.27 bits per heavy atom. The molecule has 4 heteroatoms. The molecule has 2 N–H and O–H groups in total. The Balaban J connectivity index is 2.33. The molecule has 15 heavy (non-hydrogen) atoms. The molecule has 80 valence electrons. The minimum absolute atomic E-state index is 0.0232. The Kier molecular flexibility index (Phi) is 2.60. The van der Waals surface area contributed by atoms with Crippen molar-refractivity contribution in [3.63, 3.8) is 0 Å². The molecule has 4 nitrogen and oxygen atoms in total. The fourth-order valence-electron chi connectivity index (χ4n) is 1.66. The van der Waals surface area contributed by atoms with Crippen molar-refractivity contribution in [3.8, 4) is 0 Å². The lowest BCUT2D eigenvalue weighted by molar-refractivity contribution is 0.436. The third kappa shape index (κ3) is 1.80. The highest BCUT2D eigenvalue weighted by Gasteiger charge is 2.15. The molecule has 2 aromatic rings. The number of aromatic nitrogens is 2. The average molecular weight is 205 g/mol. The first kappa shape index (κ1) is 9.98. The van der Waals surface area contributed by atoms with E-state index < -0.39 is 0 Å². The molecule has 0 aromatic carbocycles. The predicted molar refractivity (Wildman–Crippen MR) is 57.4 cm³/mol. The second kappa shape index (κ2) is 3.90. The predicted octanol–water partition coefficient (Wildman–Crippen LogP) is 2.11. The van der Waals surface area contributed by atoms with Gasteiger partial charge in [-0.3, -0.25) is 0 Å². The van der Waals surface area contributed by atoms with Gasteiger partial charge in [0.1, 0.15) is 5.76 Å². The van der Waals surface area contributed by atoms with Crippen molar-refractivity contribution in [2.75, 3.05) is 0 Å². The molecule has 0 aliphatic rings. The van der Waals surface area contributed by atoms with Crippen LogP contribution >= 0.6 is 0 Å². The monoisotopic (exact) mass is 205 g/mol. The van der Waals surface area contributed by atoms with Gasteiger partial charge >= 0.3 is 0 Å². The molecule has 0 bridgehead atoms. The molecule has 0 radical (unpaired) electrons. The van der Waals surface area contributed by atoms with Crippen molar-refractivity contribution >= 4 is 0 Å². The molecule has 2 atom stereocenters. The molecule has 0 aliphatic carbocycles. The largest absolute Gasteiger partial charge is 0.467 e. The number of imidazole rings is 1. The molecule has 0 aliphatic heterocycles. The van der Waals surface area contributed by atoms with Gasteiger partial charge in [0.05, 0.1) is 24.3 Å². The quantitative estimate of drug-likeness (QED) is 0.834. The third-order valence-electron chi connectivity index (χ3n) is 2.53. The molecular weight excluding hydrogens is 190 g/mol. The zero-order valence-electron chi connectivity index (χ0n) is 8.92. The summed E-state index contributed by atoms with van der Waals surface area (Å²) in [4.78, 5) is 4.12. The summed E-state index contributed by atoms with van der Waals surface area (Å²) in [5.74, 6) is 0.912. The van der Waals surface area contributed by atoms with Gasteiger partial charge in [-0.1, -0.05) is 0 Å². The maximum Gasteiger partial charge on any atom is 0.126 e. The van der Waals surface area contributed by atoms with Crippen LogP contribution < -0.4 is 5.73 Å². The Labute approximate surface area is 88.7 Å². The molecule has 2 heterocycles. The zero-order chi connectivity index (χ0) is 10.8. The van der Waals surface area contributed by atoms with Gasteiger partial charge in [0.15, 0.2) is 0 Å². The van der Waals surface area contributed by atoms with Crippen LogP contribution in [0.4, 0.5) is 0 Å². The van der Waals surface area contributed by atoms with Crippen molar-refractivity contribution < 1.29 is 4.42 Å². The fourth-order valence-corrected chi connectivity index (χ4v) is 1.66. The van der Waals surface area contributed by atoms with Gasteiger partial charge in [-0.25, -0.2) is 4.98 Å². The summed E-state index contributed by atoms with van der Waals surface area (Å²) in [6, 6.07) is 3.94. The molecule has 0 amide bonds. The number of hydrogen-bond acceptors (Lipinski definition) is 3. The van der Waals surface area contributed by atoms with E-state index in [0.717, 1.165) is 11.5 Å². The lowest BCUT2D eigenvalue weighted by Crippen LogP contribution is -2.15. The summed E-state index contributed by atoms with van der Waals surface area (Å²) in [7, 11) is 0. The van der Waals surface area contributed by atoms with Gasteiger partial charge in [0, 0.05) is 12.2 Å². The highest BCUT2D eigenvalue weighted by Crippen LogP contribution is 2.22. The van der Waals surface area contributed by atoms with Crippen molar-refractivity contribution in [3.05, 3.63) is 42.4 Å². The number of nitrogens with zero attached hydrogens (tertiary/aromatic N) is 2. The van der Waals surface area contributed by atoms with Gasteiger partial charge in [0.2, 0.25) is 0 Å². The van der Waals surface area contributed by atoms with E-state index in [1.165, 1.54) is 0 Å². The van der Waals surface area contributed by atoms with E-state index in [0.29, 0.717) is 0 Å². The molecule has 2 rings (SSSR count). The van der Waals surface area contributed by atoms with Crippen molar-refractivity contribution in [2.45, 2.75) is 25.9 Å². The van der Waals surface area contributed by atoms with Crippen LogP contribution in [-0.4, -0.2) is 9.55 Å². The Morgan fingerprint density at radius 1 is 1.47 bits per heavy atom. The maximum atomic E-state index is 5.86. The van der Waals surface area contributed by atoms with Crippen LogP contribution in [0.25, 0.3) is 0 Å². The van der Waals surface area contributed by atoms with Crippen molar-refractivity contribution in [2.24, 2.45) is 5.73 Å². The van der Waals surface area contributed by atoms with Gasteiger partial charge < -0.3 is 14.7 Å². The average Bonchev–Trinajstić information content (AvgIpc) is 2.88. The standard InChI is InChI=1S/C11H15N3O/c1-8(12)10-6-13-7-14(10)9(2)11-4-3-5-15-11/h3-9H,12H2,1-2H3/t8-,9?/m0/s1. The second-order valence-corrected chi connectivity index (χ2v) is 3.71. The molecule has 0 fully saturated rings. The minimum atomic E-state index is -0.0232. The van der Waals surface area contributed by atoms with E-state index in [1.54, 1.807) is 18.8 Å². The minimum Gasteiger partial charge on any atom is -0.467 e. The van der Waals surface area contributed by atoms with Crippen LogP contribution in [0.1, 0.15) is 37.4 Å². The molecule has 0 spiro atoms. The van der Waals surface area contributed by atoms with E-state index >= 15 is 0 Å². The summed E-state index contributed by atoms with van der Waals surface area (Å²) in [6.45, 7) is 4.01. The van der Waals surface area contributed by atoms with Gasteiger partial charge in [-0.2, -0.15) is 0 Å². The smallest absolute Gasteiger partial charge is 0.126 e.